The van der Waals surface area contributed by atoms with Gasteiger partial charge in [0.2, 0.25) is 0 Å². The molecule has 0 aliphatic heterocycles. The monoisotopic (exact) mass is 140 g/mol. The summed E-state index contributed by atoms with van der Waals surface area (Å²) in [5.74, 6) is 0.258. The Labute approximate surface area is 60.6 Å². The summed E-state index contributed by atoms with van der Waals surface area (Å²) in [5.41, 5.74) is 0.700. The molecule has 0 fully saturated rings. The SMILES string of the molecule is CC1=CC(O)C(C)CC1=O. The highest BCUT2D eigenvalue weighted by Crippen LogP contribution is 2.19. The highest BCUT2D eigenvalue weighted by Gasteiger charge is 2.22. The number of ketones is 1. The minimum absolute atomic E-state index is 0.0937. The molecule has 1 rings (SSSR count). The minimum atomic E-state index is -0.419. The molecule has 0 radical (unpaired) electrons. The summed E-state index contributed by atoms with van der Waals surface area (Å²) in [6.45, 7) is 3.63. The van der Waals surface area contributed by atoms with Gasteiger partial charge in [0, 0.05) is 6.42 Å². The van der Waals surface area contributed by atoms with E-state index in [1.54, 1.807) is 13.0 Å². The zero-order valence-corrected chi connectivity index (χ0v) is 6.29. The second-order valence-corrected chi connectivity index (χ2v) is 2.94. The topological polar surface area (TPSA) is 37.3 Å². The fraction of sp³-hybridized carbons (Fsp3) is 0.625. The number of aliphatic hydroxyl groups excluding tert-OH is 1. The van der Waals surface area contributed by atoms with Crippen molar-refractivity contribution < 1.29 is 9.90 Å². The molecule has 0 bridgehead atoms. The molecule has 1 N–H and O–H groups in total. The third kappa shape index (κ3) is 1.27. The van der Waals surface area contributed by atoms with E-state index >= 15 is 0 Å². The number of allylic oxidation sites excluding steroid dienone is 1. The Morgan fingerprint density at radius 3 is 2.80 bits per heavy atom. The second kappa shape index (κ2) is 2.54. The van der Waals surface area contributed by atoms with Gasteiger partial charge in [-0.05, 0) is 24.5 Å². The van der Waals surface area contributed by atoms with E-state index in [0.29, 0.717) is 12.0 Å². The molecule has 0 aromatic heterocycles. The highest BCUT2D eigenvalue weighted by molar-refractivity contribution is 5.95. The molecule has 0 spiro atoms. The molecule has 2 heteroatoms. The fourth-order valence-corrected chi connectivity index (χ4v) is 1.09. The van der Waals surface area contributed by atoms with Gasteiger partial charge in [-0.1, -0.05) is 6.92 Å². The van der Waals surface area contributed by atoms with Gasteiger partial charge in [-0.25, -0.2) is 0 Å². The van der Waals surface area contributed by atoms with Crippen molar-refractivity contribution in [1.82, 2.24) is 0 Å². The van der Waals surface area contributed by atoms with E-state index in [2.05, 4.69) is 0 Å². The van der Waals surface area contributed by atoms with Crippen LogP contribution in [0.5, 0.6) is 0 Å². The van der Waals surface area contributed by atoms with Crippen LogP contribution in [0.3, 0.4) is 0 Å². The maximum atomic E-state index is 11.0. The Hall–Kier alpha value is -0.630. The van der Waals surface area contributed by atoms with E-state index in [9.17, 15) is 9.90 Å². The van der Waals surface area contributed by atoms with Gasteiger partial charge in [0.1, 0.15) is 0 Å². The van der Waals surface area contributed by atoms with Crippen LogP contribution in [-0.4, -0.2) is 17.0 Å². The zero-order chi connectivity index (χ0) is 7.72. The smallest absolute Gasteiger partial charge is 0.158 e. The van der Waals surface area contributed by atoms with Crippen LogP contribution in [0, 0.1) is 5.92 Å². The van der Waals surface area contributed by atoms with E-state index in [4.69, 9.17) is 0 Å². The van der Waals surface area contributed by atoms with Crippen molar-refractivity contribution in [3.63, 3.8) is 0 Å². The molecule has 0 amide bonds. The van der Waals surface area contributed by atoms with Gasteiger partial charge in [-0.15, -0.1) is 0 Å². The van der Waals surface area contributed by atoms with Gasteiger partial charge >= 0.3 is 0 Å². The van der Waals surface area contributed by atoms with Gasteiger partial charge in [0.05, 0.1) is 6.10 Å². The molecule has 1 aliphatic carbocycles. The number of Topliss-reactive ketones (excluding diaryl/α,β-unsaturated/α-hetero) is 1. The first-order valence-electron chi connectivity index (χ1n) is 3.51. The van der Waals surface area contributed by atoms with Gasteiger partial charge in [-0.3, -0.25) is 4.79 Å². The number of hydrogen-bond acceptors (Lipinski definition) is 2. The molecule has 0 aromatic rings. The van der Waals surface area contributed by atoms with Crippen molar-refractivity contribution in [1.29, 1.82) is 0 Å². The van der Waals surface area contributed by atoms with Crippen LogP contribution in [0.25, 0.3) is 0 Å². The molecule has 0 saturated carbocycles. The van der Waals surface area contributed by atoms with Crippen LogP contribution < -0.4 is 0 Å². The first kappa shape index (κ1) is 7.48. The first-order valence-corrected chi connectivity index (χ1v) is 3.51. The van der Waals surface area contributed by atoms with Crippen molar-refractivity contribution in [2.24, 2.45) is 5.92 Å². The summed E-state index contributed by atoms with van der Waals surface area (Å²) < 4.78 is 0. The Morgan fingerprint density at radius 1 is 1.70 bits per heavy atom. The van der Waals surface area contributed by atoms with E-state index in [0.717, 1.165) is 0 Å². The lowest BCUT2D eigenvalue weighted by atomic mass is 9.88. The lowest BCUT2D eigenvalue weighted by Gasteiger charge is -2.20. The summed E-state index contributed by atoms with van der Waals surface area (Å²) in [4.78, 5) is 11.0. The van der Waals surface area contributed by atoms with Crippen LogP contribution in [0.1, 0.15) is 20.3 Å². The minimum Gasteiger partial charge on any atom is -0.389 e. The predicted molar refractivity (Wildman–Crippen MR) is 38.6 cm³/mol. The molecule has 2 nitrogen and oxygen atoms in total. The van der Waals surface area contributed by atoms with Crippen molar-refractivity contribution >= 4 is 5.78 Å². The van der Waals surface area contributed by atoms with Gasteiger partial charge in [0.25, 0.3) is 0 Å². The molecular formula is C8H12O2. The number of carbonyl (C=O) groups excluding carboxylic acids is 1. The highest BCUT2D eigenvalue weighted by atomic mass is 16.3. The summed E-state index contributed by atoms with van der Waals surface area (Å²) in [6.07, 6.45) is 1.71. The van der Waals surface area contributed by atoms with Crippen molar-refractivity contribution in [3.05, 3.63) is 11.6 Å². The first-order chi connectivity index (χ1) is 4.61. The fourth-order valence-electron chi connectivity index (χ4n) is 1.09. The Morgan fingerprint density at radius 2 is 2.30 bits per heavy atom. The van der Waals surface area contributed by atoms with E-state index in [1.807, 2.05) is 6.92 Å². The molecule has 2 atom stereocenters. The van der Waals surface area contributed by atoms with Gasteiger partial charge < -0.3 is 5.11 Å². The van der Waals surface area contributed by atoms with Crippen molar-refractivity contribution in [2.75, 3.05) is 0 Å². The summed E-state index contributed by atoms with van der Waals surface area (Å²) in [5, 5.41) is 9.24. The van der Waals surface area contributed by atoms with Crippen LogP contribution in [0.2, 0.25) is 0 Å². The quantitative estimate of drug-likeness (QED) is 0.543. The van der Waals surface area contributed by atoms with Crippen LogP contribution in [-0.2, 0) is 4.79 Å². The standard InChI is InChI=1S/C8H12O2/c1-5-3-8(10)6(2)4-7(5)9/h3,6,8,10H,4H2,1-2H3. The summed E-state index contributed by atoms with van der Waals surface area (Å²) in [6, 6.07) is 0. The zero-order valence-electron chi connectivity index (χ0n) is 6.29. The molecule has 0 heterocycles. The largest absolute Gasteiger partial charge is 0.389 e. The lowest BCUT2D eigenvalue weighted by Crippen LogP contribution is -2.24. The van der Waals surface area contributed by atoms with Gasteiger partial charge in [0.15, 0.2) is 5.78 Å². The molecular weight excluding hydrogens is 128 g/mol. The Balaban J connectivity index is 2.79. The number of hydrogen-bond donors (Lipinski definition) is 1. The van der Waals surface area contributed by atoms with E-state index < -0.39 is 6.10 Å². The molecule has 2 unspecified atom stereocenters. The molecule has 0 aromatic carbocycles. The van der Waals surface area contributed by atoms with Crippen molar-refractivity contribution in [2.45, 2.75) is 26.4 Å². The summed E-state index contributed by atoms with van der Waals surface area (Å²) >= 11 is 0. The maximum Gasteiger partial charge on any atom is 0.158 e. The van der Waals surface area contributed by atoms with Crippen molar-refractivity contribution in [3.8, 4) is 0 Å². The van der Waals surface area contributed by atoms with Crippen LogP contribution in [0.15, 0.2) is 11.6 Å². The van der Waals surface area contributed by atoms with Gasteiger partial charge in [-0.2, -0.15) is 0 Å². The third-order valence-corrected chi connectivity index (χ3v) is 1.95. The molecule has 0 saturated heterocycles. The molecule has 1 aliphatic rings. The number of rotatable bonds is 0. The average molecular weight is 140 g/mol. The lowest BCUT2D eigenvalue weighted by molar-refractivity contribution is -0.117. The molecule has 56 valence electrons. The normalized spacial score (nSPS) is 33.9. The van der Waals surface area contributed by atoms with Crippen LogP contribution in [0.4, 0.5) is 0 Å². The molecule has 10 heavy (non-hydrogen) atoms. The number of carbonyl (C=O) groups is 1. The van der Waals surface area contributed by atoms with E-state index in [-0.39, 0.29) is 11.7 Å². The summed E-state index contributed by atoms with van der Waals surface area (Å²) in [7, 11) is 0. The van der Waals surface area contributed by atoms with Crippen LogP contribution >= 0.6 is 0 Å². The third-order valence-electron chi connectivity index (χ3n) is 1.95. The Bertz CT molecular complexity index is 182. The number of aliphatic hydroxyl groups is 1. The predicted octanol–water partition coefficient (Wildman–Crippen LogP) is 0.903. The maximum absolute atomic E-state index is 11.0. The van der Waals surface area contributed by atoms with E-state index in [1.165, 1.54) is 0 Å². The Kier molecular flexibility index (Phi) is 1.90. The average Bonchev–Trinajstić information content (AvgIpc) is 1.84. The second-order valence-electron chi connectivity index (χ2n) is 2.94.